The average Bonchev–Trinajstić information content (AvgIpc) is 3.09. The molecule has 0 bridgehead atoms. The van der Waals surface area contributed by atoms with Crippen molar-refractivity contribution in [2.75, 3.05) is 38.0 Å². The van der Waals surface area contributed by atoms with Crippen molar-refractivity contribution in [3.05, 3.63) is 23.8 Å². The molecule has 10 heteroatoms. The van der Waals surface area contributed by atoms with Gasteiger partial charge in [0.15, 0.2) is 4.34 Å². The Morgan fingerprint density at radius 2 is 2.14 bits per heavy atom. The van der Waals surface area contributed by atoms with Crippen LogP contribution in [0.4, 0.5) is 10.8 Å². The summed E-state index contributed by atoms with van der Waals surface area (Å²) in [6.45, 7) is 4.56. The quantitative estimate of drug-likeness (QED) is 0.551. The van der Waals surface area contributed by atoms with Crippen molar-refractivity contribution < 1.29 is 14.3 Å². The number of carbonyl (C=O) groups is 2. The summed E-state index contributed by atoms with van der Waals surface area (Å²) < 4.78 is 6.66. The van der Waals surface area contributed by atoms with Gasteiger partial charge in [0.1, 0.15) is 12.4 Å². The summed E-state index contributed by atoms with van der Waals surface area (Å²) in [5.74, 6) is 0.484. The van der Waals surface area contributed by atoms with Gasteiger partial charge in [0, 0.05) is 32.0 Å². The number of carbonyl (C=O) groups excluding carboxylic acids is 2. The van der Waals surface area contributed by atoms with Crippen molar-refractivity contribution in [3.63, 3.8) is 0 Å². The zero-order chi connectivity index (χ0) is 21.1. The lowest BCUT2D eigenvalue weighted by Gasteiger charge is -2.35. The minimum absolute atomic E-state index is 0.0765. The summed E-state index contributed by atoms with van der Waals surface area (Å²) in [6.07, 6.45) is 0.244. The van der Waals surface area contributed by atoms with Gasteiger partial charge in [-0.25, -0.2) is 0 Å². The topological polar surface area (TPSA) is 87.7 Å². The van der Waals surface area contributed by atoms with E-state index in [0.29, 0.717) is 28.3 Å². The van der Waals surface area contributed by atoms with Crippen LogP contribution in [0.3, 0.4) is 0 Å². The third-order valence-electron chi connectivity index (χ3n) is 4.38. The molecule has 0 saturated heterocycles. The summed E-state index contributed by atoms with van der Waals surface area (Å²) in [5, 5.41) is 11.8. The first kappa shape index (κ1) is 21.4. The normalized spacial score (nSPS) is 15.7. The van der Waals surface area contributed by atoms with Crippen molar-refractivity contribution in [2.45, 2.75) is 35.9 Å². The van der Waals surface area contributed by atoms with Gasteiger partial charge in [-0.2, -0.15) is 0 Å². The maximum atomic E-state index is 12.5. The molecule has 1 aliphatic heterocycles. The summed E-state index contributed by atoms with van der Waals surface area (Å²) in [4.78, 5) is 28.3. The molecular formula is C19H25N5O3S2. The minimum atomic E-state index is -0.148. The number of thioether (sulfide) groups is 1. The minimum Gasteiger partial charge on any atom is -0.489 e. The second-order valence-electron chi connectivity index (χ2n) is 7.25. The number of hydrogen-bond donors (Lipinski definition) is 1. The highest BCUT2D eigenvalue weighted by Gasteiger charge is 2.28. The Hall–Kier alpha value is -2.33. The van der Waals surface area contributed by atoms with Crippen molar-refractivity contribution >= 4 is 45.7 Å². The molecule has 1 N–H and O–H groups in total. The molecule has 0 fully saturated rings. The van der Waals surface area contributed by atoms with E-state index in [-0.39, 0.29) is 24.3 Å². The second kappa shape index (κ2) is 9.00. The van der Waals surface area contributed by atoms with E-state index >= 15 is 0 Å². The van der Waals surface area contributed by atoms with E-state index in [9.17, 15) is 9.59 Å². The Morgan fingerprint density at radius 1 is 1.38 bits per heavy atom. The number of likely N-dealkylation sites (N-methyl/N-ethyl adjacent to an activating group) is 1. The number of hydrogen-bond acceptors (Lipinski definition) is 8. The first-order valence-electron chi connectivity index (χ1n) is 9.26. The van der Waals surface area contributed by atoms with Gasteiger partial charge in [-0.15, -0.1) is 10.2 Å². The van der Waals surface area contributed by atoms with Gasteiger partial charge >= 0.3 is 0 Å². The van der Waals surface area contributed by atoms with Crippen LogP contribution in [0.25, 0.3) is 0 Å². The number of rotatable bonds is 6. The Kier molecular flexibility index (Phi) is 6.63. The molecule has 1 aromatic heterocycles. The van der Waals surface area contributed by atoms with Crippen LogP contribution in [0.15, 0.2) is 22.5 Å². The van der Waals surface area contributed by atoms with Crippen molar-refractivity contribution in [1.29, 1.82) is 0 Å². The van der Waals surface area contributed by atoms with Gasteiger partial charge in [-0.3, -0.25) is 9.59 Å². The van der Waals surface area contributed by atoms with E-state index in [1.165, 1.54) is 16.2 Å². The predicted octanol–water partition coefficient (Wildman–Crippen LogP) is 2.97. The first-order chi connectivity index (χ1) is 13.7. The fraction of sp³-hybridized carbons (Fsp3) is 0.474. The number of aromatic nitrogens is 2. The van der Waals surface area contributed by atoms with Gasteiger partial charge in [0.05, 0.1) is 18.2 Å². The lowest BCUT2D eigenvalue weighted by Crippen LogP contribution is -2.42. The SMILES string of the molecule is CC(C)Sc1nnc(NC(=O)CC2COc3ccc(C(=O)N(C)C)cc3N2C)s1. The largest absolute Gasteiger partial charge is 0.489 e. The molecule has 0 saturated carbocycles. The first-order valence-corrected chi connectivity index (χ1v) is 11.0. The Bertz CT molecular complexity index is 900. The van der Waals surface area contributed by atoms with Crippen LogP contribution in [-0.4, -0.2) is 66.0 Å². The standard InChI is InChI=1S/C19H25N5O3S2/c1-11(2)28-19-22-21-18(29-19)20-16(25)9-13-10-27-15-7-6-12(17(26)23(3)4)8-14(15)24(13)5/h6-8,11,13H,9-10H2,1-5H3,(H,20,21,25). The van der Waals surface area contributed by atoms with Gasteiger partial charge in [0.2, 0.25) is 11.0 Å². The smallest absolute Gasteiger partial charge is 0.253 e. The fourth-order valence-corrected chi connectivity index (χ4v) is 4.88. The number of anilines is 2. The molecule has 156 valence electrons. The maximum Gasteiger partial charge on any atom is 0.253 e. The van der Waals surface area contributed by atoms with E-state index in [2.05, 4.69) is 29.4 Å². The molecule has 1 atom stereocenters. The van der Waals surface area contributed by atoms with E-state index in [4.69, 9.17) is 4.74 Å². The van der Waals surface area contributed by atoms with Gasteiger partial charge in [-0.05, 0) is 18.2 Å². The van der Waals surface area contributed by atoms with Crippen LogP contribution in [-0.2, 0) is 4.79 Å². The molecule has 3 rings (SSSR count). The zero-order valence-electron chi connectivity index (χ0n) is 17.1. The number of fused-ring (bicyclic) bond motifs is 1. The predicted molar refractivity (Wildman–Crippen MR) is 116 cm³/mol. The van der Waals surface area contributed by atoms with Crippen molar-refractivity contribution in [3.8, 4) is 5.75 Å². The zero-order valence-corrected chi connectivity index (χ0v) is 18.8. The van der Waals surface area contributed by atoms with Crippen LogP contribution in [0.5, 0.6) is 5.75 Å². The molecule has 0 radical (unpaired) electrons. The van der Waals surface area contributed by atoms with Crippen LogP contribution in [0, 0.1) is 0 Å². The van der Waals surface area contributed by atoms with Crippen LogP contribution in [0.2, 0.25) is 0 Å². The molecule has 0 spiro atoms. The Labute approximate surface area is 178 Å². The molecule has 2 heterocycles. The summed E-state index contributed by atoms with van der Waals surface area (Å²) in [5.41, 5.74) is 1.38. The van der Waals surface area contributed by atoms with Gasteiger partial charge in [-0.1, -0.05) is 36.9 Å². The molecule has 8 nitrogen and oxygen atoms in total. The number of benzene rings is 1. The lowest BCUT2D eigenvalue weighted by atomic mass is 10.1. The Balaban J connectivity index is 1.65. The molecule has 0 aliphatic carbocycles. The van der Waals surface area contributed by atoms with Gasteiger partial charge in [0.25, 0.3) is 5.91 Å². The van der Waals surface area contributed by atoms with E-state index in [0.717, 1.165) is 10.0 Å². The van der Waals surface area contributed by atoms with Crippen molar-refractivity contribution in [2.24, 2.45) is 0 Å². The number of amides is 2. The Morgan fingerprint density at radius 3 is 2.83 bits per heavy atom. The summed E-state index contributed by atoms with van der Waals surface area (Å²) >= 11 is 2.99. The van der Waals surface area contributed by atoms with E-state index in [1.807, 2.05) is 18.0 Å². The molecule has 1 unspecified atom stereocenters. The molecular weight excluding hydrogens is 410 g/mol. The second-order valence-corrected chi connectivity index (χ2v) is 10.1. The highest BCUT2D eigenvalue weighted by Crippen LogP contribution is 2.35. The number of nitrogens with one attached hydrogen (secondary N) is 1. The molecule has 2 amide bonds. The van der Waals surface area contributed by atoms with E-state index in [1.54, 1.807) is 38.0 Å². The highest BCUT2D eigenvalue weighted by atomic mass is 32.2. The fourth-order valence-electron chi connectivity index (χ4n) is 2.89. The summed E-state index contributed by atoms with van der Waals surface area (Å²) in [6, 6.07) is 5.21. The average molecular weight is 436 g/mol. The molecule has 1 aliphatic rings. The van der Waals surface area contributed by atoms with Crippen molar-refractivity contribution in [1.82, 2.24) is 15.1 Å². The van der Waals surface area contributed by atoms with Crippen LogP contribution in [0.1, 0.15) is 30.6 Å². The molecule has 1 aromatic carbocycles. The summed E-state index contributed by atoms with van der Waals surface area (Å²) in [7, 11) is 5.34. The van der Waals surface area contributed by atoms with E-state index < -0.39 is 0 Å². The molecule has 29 heavy (non-hydrogen) atoms. The number of nitrogens with zero attached hydrogens (tertiary/aromatic N) is 4. The third-order valence-corrected chi connectivity index (χ3v) is 6.31. The van der Waals surface area contributed by atoms with Crippen LogP contribution >= 0.6 is 23.1 Å². The lowest BCUT2D eigenvalue weighted by molar-refractivity contribution is -0.116. The maximum absolute atomic E-state index is 12.5. The third kappa shape index (κ3) is 5.18. The monoisotopic (exact) mass is 435 g/mol. The highest BCUT2D eigenvalue weighted by molar-refractivity contribution is 8.01. The van der Waals surface area contributed by atoms with Crippen LogP contribution < -0.4 is 15.0 Å². The number of ether oxygens (including phenoxy) is 1. The van der Waals surface area contributed by atoms with Gasteiger partial charge < -0.3 is 19.9 Å². The molecule has 2 aromatic rings.